The van der Waals surface area contributed by atoms with Gasteiger partial charge in [-0.3, -0.25) is 10.1 Å². The van der Waals surface area contributed by atoms with Crippen LogP contribution >= 0.6 is 0 Å². The summed E-state index contributed by atoms with van der Waals surface area (Å²) < 4.78 is 5.60. The van der Waals surface area contributed by atoms with Gasteiger partial charge in [0.15, 0.2) is 0 Å². The first-order valence-corrected chi connectivity index (χ1v) is 7.25. The predicted molar refractivity (Wildman–Crippen MR) is 81.3 cm³/mol. The molecule has 4 nitrogen and oxygen atoms in total. The van der Waals surface area contributed by atoms with Crippen molar-refractivity contribution in [3.63, 3.8) is 0 Å². The summed E-state index contributed by atoms with van der Waals surface area (Å²) in [6, 6.07) is 9.64. The first kappa shape index (κ1) is 16.7. The fourth-order valence-electron chi connectivity index (χ4n) is 2.20. The van der Waals surface area contributed by atoms with Crippen LogP contribution in [0.4, 0.5) is 0 Å². The van der Waals surface area contributed by atoms with E-state index in [0.29, 0.717) is 13.0 Å². The largest absolute Gasteiger partial charge is 0.379 e. The highest BCUT2D eigenvalue weighted by molar-refractivity contribution is 5.86. The molecule has 0 saturated carbocycles. The number of carbonyl (C=O) groups is 1. The summed E-state index contributed by atoms with van der Waals surface area (Å²) >= 11 is 0. The topological polar surface area (TPSA) is 64.3 Å². The number of hydrogen-bond donors (Lipinski definition) is 2. The fourth-order valence-corrected chi connectivity index (χ4v) is 2.20. The average Bonchev–Trinajstić information content (AvgIpc) is 2.43. The number of carbonyl (C=O) groups excluding carboxylic acids is 1. The van der Waals surface area contributed by atoms with E-state index < -0.39 is 5.54 Å². The number of hydrogen-bond acceptors (Lipinski definition) is 3. The third-order valence-electron chi connectivity index (χ3n) is 3.29. The summed E-state index contributed by atoms with van der Waals surface area (Å²) in [5.74, 6) is -0.357. The molecule has 0 saturated heterocycles. The van der Waals surface area contributed by atoms with Gasteiger partial charge in [-0.25, -0.2) is 0 Å². The van der Waals surface area contributed by atoms with Crippen molar-refractivity contribution in [2.45, 2.75) is 45.3 Å². The molecule has 1 atom stereocenters. The molecule has 0 aliphatic rings. The molecule has 1 amide bonds. The van der Waals surface area contributed by atoms with Crippen molar-refractivity contribution >= 4 is 5.91 Å². The van der Waals surface area contributed by atoms with Gasteiger partial charge in [0.2, 0.25) is 5.91 Å². The lowest BCUT2D eigenvalue weighted by molar-refractivity contribution is -0.126. The van der Waals surface area contributed by atoms with E-state index in [2.05, 4.69) is 12.2 Å². The van der Waals surface area contributed by atoms with Crippen LogP contribution in [0.15, 0.2) is 30.3 Å². The number of nitrogens with one attached hydrogen (secondary N) is 1. The zero-order valence-electron chi connectivity index (χ0n) is 12.7. The van der Waals surface area contributed by atoms with E-state index in [0.717, 1.165) is 18.5 Å². The van der Waals surface area contributed by atoms with Gasteiger partial charge in [0.25, 0.3) is 0 Å². The molecule has 112 valence electrons. The predicted octanol–water partition coefficient (Wildman–Crippen LogP) is 2.18. The molecule has 0 radical (unpaired) electrons. The third-order valence-corrected chi connectivity index (χ3v) is 3.29. The minimum atomic E-state index is -0.855. The molecule has 1 unspecified atom stereocenters. The Labute approximate surface area is 121 Å². The lowest BCUT2D eigenvalue weighted by atomic mass is 9.85. The maximum Gasteiger partial charge on any atom is 0.242 e. The normalized spacial score (nSPS) is 14.2. The van der Waals surface area contributed by atoms with E-state index in [1.54, 1.807) is 0 Å². The molecule has 1 rings (SSSR count). The number of nitrogens with two attached hydrogens (primary N) is 1. The molecule has 0 aliphatic heterocycles. The van der Waals surface area contributed by atoms with Crippen LogP contribution < -0.4 is 11.1 Å². The van der Waals surface area contributed by atoms with Crippen LogP contribution in [0.3, 0.4) is 0 Å². The smallest absolute Gasteiger partial charge is 0.242 e. The lowest BCUT2D eigenvalue weighted by Crippen LogP contribution is -2.53. The van der Waals surface area contributed by atoms with Crippen molar-refractivity contribution < 1.29 is 9.53 Å². The zero-order valence-corrected chi connectivity index (χ0v) is 12.7. The minimum Gasteiger partial charge on any atom is -0.379 e. The van der Waals surface area contributed by atoms with Gasteiger partial charge in [-0.15, -0.1) is 0 Å². The molecule has 0 fully saturated rings. The molecule has 0 bridgehead atoms. The second-order valence-corrected chi connectivity index (χ2v) is 5.23. The Morgan fingerprint density at radius 2 is 2.00 bits per heavy atom. The Kier molecular flexibility index (Phi) is 6.68. The average molecular weight is 278 g/mol. The number of rotatable bonds is 9. The Balaban J connectivity index is 2.98. The van der Waals surface area contributed by atoms with Crippen molar-refractivity contribution in [1.29, 1.82) is 0 Å². The number of primary amides is 1. The standard InChI is InChI=1S/C16H26N2O2/c1-4-11-18-16(15(17)19,10-12-20-13(2)3)14-8-6-5-7-9-14/h5-9,13,18H,4,10-12H2,1-3H3,(H2,17,19). The summed E-state index contributed by atoms with van der Waals surface area (Å²) in [6.45, 7) is 7.25. The Morgan fingerprint density at radius 3 is 2.50 bits per heavy atom. The van der Waals surface area contributed by atoms with E-state index in [9.17, 15) is 4.79 Å². The molecule has 3 N–H and O–H groups in total. The maximum absolute atomic E-state index is 12.1. The Hall–Kier alpha value is -1.39. The van der Waals surface area contributed by atoms with Gasteiger partial charge in [0.1, 0.15) is 5.54 Å². The van der Waals surface area contributed by atoms with Gasteiger partial charge in [-0.1, -0.05) is 37.3 Å². The van der Waals surface area contributed by atoms with Crippen molar-refractivity contribution in [1.82, 2.24) is 5.32 Å². The molecule has 0 spiro atoms. The monoisotopic (exact) mass is 278 g/mol. The fraction of sp³-hybridized carbons (Fsp3) is 0.562. The second-order valence-electron chi connectivity index (χ2n) is 5.23. The molecule has 1 aromatic carbocycles. The van der Waals surface area contributed by atoms with Gasteiger partial charge < -0.3 is 10.5 Å². The second kappa shape index (κ2) is 8.02. The SMILES string of the molecule is CCCNC(CCOC(C)C)(C(N)=O)c1ccccc1. The summed E-state index contributed by atoms with van der Waals surface area (Å²) in [5, 5.41) is 3.32. The van der Waals surface area contributed by atoms with Gasteiger partial charge in [0, 0.05) is 13.0 Å². The molecular weight excluding hydrogens is 252 g/mol. The maximum atomic E-state index is 12.1. The first-order chi connectivity index (χ1) is 9.53. The molecule has 20 heavy (non-hydrogen) atoms. The molecule has 0 heterocycles. The Bertz CT molecular complexity index is 406. The van der Waals surface area contributed by atoms with Crippen LogP contribution in [0, 0.1) is 0 Å². The number of benzene rings is 1. The molecular formula is C16H26N2O2. The highest BCUT2D eigenvalue weighted by atomic mass is 16.5. The van der Waals surface area contributed by atoms with E-state index in [-0.39, 0.29) is 12.0 Å². The quantitative estimate of drug-likeness (QED) is 0.727. The van der Waals surface area contributed by atoms with Crippen LogP contribution in [0.25, 0.3) is 0 Å². The van der Waals surface area contributed by atoms with E-state index >= 15 is 0 Å². The van der Waals surface area contributed by atoms with E-state index in [1.165, 1.54) is 0 Å². The van der Waals surface area contributed by atoms with Gasteiger partial charge >= 0.3 is 0 Å². The number of ether oxygens (including phenoxy) is 1. The summed E-state index contributed by atoms with van der Waals surface area (Å²) in [4.78, 5) is 12.1. The molecule has 0 aliphatic carbocycles. The highest BCUT2D eigenvalue weighted by Crippen LogP contribution is 2.25. The summed E-state index contributed by atoms with van der Waals surface area (Å²) in [5.41, 5.74) is 5.75. The van der Waals surface area contributed by atoms with Gasteiger partial charge in [0.05, 0.1) is 6.10 Å². The van der Waals surface area contributed by atoms with Crippen LogP contribution in [0.2, 0.25) is 0 Å². The van der Waals surface area contributed by atoms with Crippen molar-refractivity contribution in [2.24, 2.45) is 5.73 Å². The Morgan fingerprint density at radius 1 is 1.35 bits per heavy atom. The van der Waals surface area contributed by atoms with Crippen LogP contribution in [-0.2, 0) is 15.1 Å². The first-order valence-electron chi connectivity index (χ1n) is 7.25. The zero-order chi connectivity index (χ0) is 15.0. The molecule has 1 aromatic rings. The highest BCUT2D eigenvalue weighted by Gasteiger charge is 2.37. The van der Waals surface area contributed by atoms with Crippen molar-refractivity contribution in [2.75, 3.05) is 13.2 Å². The van der Waals surface area contributed by atoms with Gasteiger partial charge in [-0.2, -0.15) is 0 Å². The van der Waals surface area contributed by atoms with Crippen molar-refractivity contribution in [3.8, 4) is 0 Å². The van der Waals surface area contributed by atoms with Crippen molar-refractivity contribution in [3.05, 3.63) is 35.9 Å². The van der Waals surface area contributed by atoms with Crippen LogP contribution in [-0.4, -0.2) is 25.2 Å². The lowest BCUT2D eigenvalue weighted by Gasteiger charge is -2.32. The molecule has 0 aromatic heterocycles. The van der Waals surface area contributed by atoms with Gasteiger partial charge in [-0.05, 0) is 32.4 Å². The number of amides is 1. The summed E-state index contributed by atoms with van der Waals surface area (Å²) in [6.07, 6.45) is 1.61. The minimum absolute atomic E-state index is 0.141. The van der Waals surface area contributed by atoms with E-state index in [4.69, 9.17) is 10.5 Å². The van der Waals surface area contributed by atoms with Crippen LogP contribution in [0.5, 0.6) is 0 Å². The van der Waals surface area contributed by atoms with E-state index in [1.807, 2.05) is 44.2 Å². The molecule has 4 heteroatoms. The third kappa shape index (κ3) is 4.32. The van der Waals surface area contributed by atoms with Crippen LogP contribution in [0.1, 0.15) is 39.2 Å². The summed E-state index contributed by atoms with van der Waals surface area (Å²) in [7, 11) is 0.